The van der Waals surface area contributed by atoms with Crippen LogP contribution in [-0.4, -0.2) is 41.1 Å². The van der Waals surface area contributed by atoms with Gasteiger partial charge in [-0.3, -0.25) is 0 Å². The molecule has 0 bridgehead atoms. The van der Waals surface area contributed by atoms with Crippen molar-refractivity contribution in [3.05, 3.63) is 102 Å². The molecule has 168 valence electrons. The molecule has 3 aromatic rings. The largest absolute Gasteiger partial charge is 0.322 e. The van der Waals surface area contributed by atoms with Crippen LogP contribution in [0.15, 0.2) is 95.9 Å². The lowest BCUT2D eigenvalue weighted by molar-refractivity contribution is -1.05. The Morgan fingerprint density at radius 2 is 1.31 bits per heavy atom. The van der Waals surface area contributed by atoms with Gasteiger partial charge in [-0.05, 0) is 19.1 Å². The van der Waals surface area contributed by atoms with Gasteiger partial charge in [-0.25, -0.2) is 13.1 Å². The number of piperazine rings is 1. The summed E-state index contributed by atoms with van der Waals surface area (Å²) >= 11 is 0. The predicted octanol–water partition coefficient (Wildman–Crippen LogP) is 0.864. The molecule has 0 radical (unpaired) electrons. The van der Waals surface area contributed by atoms with Crippen LogP contribution in [0.5, 0.6) is 0 Å². The minimum atomic E-state index is -3.56. The van der Waals surface area contributed by atoms with Gasteiger partial charge < -0.3 is 9.80 Å². The standard InChI is InChI=1S/C26H31N3O2S/c1-26(24-13-7-3-8-14-24,22-27-32(30,31)25-15-9-4-10-16-25)29-19-17-28(18-20-29)21-23-11-5-2-6-12-23/h2-16,27H,17-22H2,1H3/p+2/t26-/m0/s1. The van der Waals surface area contributed by atoms with E-state index < -0.39 is 10.0 Å². The third-order valence-electron chi connectivity index (χ3n) is 6.72. The first-order valence-corrected chi connectivity index (χ1v) is 12.8. The van der Waals surface area contributed by atoms with Crippen molar-refractivity contribution in [1.29, 1.82) is 0 Å². The van der Waals surface area contributed by atoms with Gasteiger partial charge in [0.25, 0.3) is 0 Å². The van der Waals surface area contributed by atoms with Crippen molar-refractivity contribution < 1.29 is 18.2 Å². The minimum absolute atomic E-state index is 0.308. The maximum Gasteiger partial charge on any atom is 0.240 e. The lowest BCUT2D eigenvalue weighted by Crippen LogP contribution is -3.30. The number of hydrogen-bond donors (Lipinski definition) is 3. The Morgan fingerprint density at radius 3 is 1.91 bits per heavy atom. The molecule has 3 N–H and O–H groups in total. The fourth-order valence-electron chi connectivity index (χ4n) is 4.68. The van der Waals surface area contributed by atoms with Crippen LogP contribution in [0, 0.1) is 0 Å². The van der Waals surface area contributed by atoms with Crippen LogP contribution in [0.25, 0.3) is 0 Å². The van der Waals surface area contributed by atoms with E-state index in [1.807, 2.05) is 24.3 Å². The second-order valence-electron chi connectivity index (χ2n) is 8.85. The first-order valence-electron chi connectivity index (χ1n) is 11.3. The van der Waals surface area contributed by atoms with Crippen molar-refractivity contribution in [2.45, 2.75) is 23.9 Å². The highest BCUT2D eigenvalue weighted by molar-refractivity contribution is 7.89. The predicted molar refractivity (Wildman–Crippen MR) is 127 cm³/mol. The topological polar surface area (TPSA) is 55.0 Å². The van der Waals surface area contributed by atoms with E-state index in [2.05, 4.69) is 54.1 Å². The summed E-state index contributed by atoms with van der Waals surface area (Å²) in [5.41, 5.74) is 2.19. The maximum absolute atomic E-state index is 12.9. The van der Waals surface area contributed by atoms with Gasteiger partial charge in [-0.1, -0.05) is 78.9 Å². The van der Waals surface area contributed by atoms with Gasteiger partial charge >= 0.3 is 0 Å². The fourth-order valence-corrected chi connectivity index (χ4v) is 5.84. The summed E-state index contributed by atoms with van der Waals surface area (Å²) in [5.74, 6) is 0. The SMILES string of the molecule is C[C@](CNS(=O)(=O)c1ccccc1)(c1ccccc1)[NH+]1CC[NH+](Cc2ccccc2)CC1. The van der Waals surface area contributed by atoms with E-state index in [0.717, 1.165) is 38.3 Å². The Labute approximate surface area is 191 Å². The summed E-state index contributed by atoms with van der Waals surface area (Å²) in [6.07, 6.45) is 0. The highest BCUT2D eigenvalue weighted by Gasteiger charge is 2.41. The molecule has 1 fully saturated rings. The molecule has 0 aliphatic carbocycles. The number of benzene rings is 3. The smallest absolute Gasteiger partial charge is 0.240 e. The highest BCUT2D eigenvalue weighted by atomic mass is 32.2. The molecule has 1 saturated heterocycles. The van der Waals surface area contributed by atoms with Crippen molar-refractivity contribution in [2.24, 2.45) is 0 Å². The monoisotopic (exact) mass is 451 g/mol. The average Bonchev–Trinajstić information content (AvgIpc) is 2.85. The van der Waals surface area contributed by atoms with Crippen LogP contribution >= 0.6 is 0 Å². The Bertz CT molecular complexity index is 1080. The number of rotatable bonds is 8. The summed E-state index contributed by atoms with van der Waals surface area (Å²) in [5, 5.41) is 0. The summed E-state index contributed by atoms with van der Waals surface area (Å²) in [6, 6.07) is 29.6. The van der Waals surface area contributed by atoms with Gasteiger partial charge in [0.05, 0.1) is 11.4 Å². The van der Waals surface area contributed by atoms with E-state index >= 15 is 0 Å². The summed E-state index contributed by atoms with van der Waals surface area (Å²) < 4.78 is 28.8. The lowest BCUT2D eigenvalue weighted by Gasteiger charge is -2.42. The average molecular weight is 452 g/mol. The third kappa shape index (κ3) is 5.27. The zero-order chi connectivity index (χ0) is 22.4. The molecule has 5 nitrogen and oxygen atoms in total. The van der Waals surface area contributed by atoms with Crippen LogP contribution in [0.2, 0.25) is 0 Å². The van der Waals surface area contributed by atoms with Crippen LogP contribution in [0.3, 0.4) is 0 Å². The van der Waals surface area contributed by atoms with Crippen molar-refractivity contribution in [3.63, 3.8) is 0 Å². The molecule has 1 atom stereocenters. The Hall–Kier alpha value is -2.51. The molecule has 0 unspecified atom stereocenters. The van der Waals surface area contributed by atoms with E-state index in [1.165, 1.54) is 10.5 Å². The van der Waals surface area contributed by atoms with E-state index in [9.17, 15) is 8.42 Å². The molecule has 0 spiro atoms. The molecule has 1 aliphatic rings. The molecule has 1 aliphatic heterocycles. The number of hydrogen-bond acceptors (Lipinski definition) is 2. The van der Waals surface area contributed by atoms with Crippen molar-refractivity contribution in [2.75, 3.05) is 32.7 Å². The van der Waals surface area contributed by atoms with E-state index in [4.69, 9.17) is 0 Å². The van der Waals surface area contributed by atoms with Crippen molar-refractivity contribution in [3.8, 4) is 0 Å². The Morgan fingerprint density at radius 1 is 0.781 bits per heavy atom. The second-order valence-corrected chi connectivity index (χ2v) is 10.6. The zero-order valence-electron chi connectivity index (χ0n) is 18.6. The molecular formula is C26H33N3O2S+2. The van der Waals surface area contributed by atoms with Gasteiger partial charge in [-0.15, -0.1) is 0 Å². The van der Waals surface area contributed by atoms with E-state index in [0.29, 0.717) is 11.4 Å². The molecule has 0 amide bonds. The van der Waals surface area contributed by atoms with Crippen LogP contribution in [0.1, 0.15) is 18.1 Å². The molecule has 0 aromatic heterocycles. The fraction of sp³-hybridized carbons (Fsp3) is 0.308. The summed E-state index contributed by atoms with van der Waals surface area (Å²) in [4.78, 5) is 3.32. The number of quaternary nitrogens is 2. The van der Waals surface area contributed by atoms with Crippen LogP contribution in [0.4, 0.5) is 0 Å². The molecule has 6 heteroatoms. The van der Waals surface area contributed by atoms with Gasteiger partial charge in [-0.2, -0.15) is 0 Å². The quantitative estimate of drug-likeness (QED) is 0.476. The second kappa shape index (κ2) is 9.96. The number of sulfonamides is 1. The zero-order valence-corrected chi connectivity index (χ0v) is 19.4. The van der Waals surface area contributed by atoms with Crippen molar-refractivity contribution >= 4 is 10.0 Å². The van der Waals surface area contributed by atoms with Crippen molar-refractivity contribution in [1.82, 2.24) is 4.72 Å². The maximum atomic E-state index is 12.9. The normalized spacial score (nSPS) is 21.0. The summed E-state index contributed by atoms with van der Waals surface area (Å²) in [7, 11) is -3.56. The van der Waals surface area contributed by atoms with Crippen LogP contribution in [-0.2, 0) is 22.1 Å². The Balaban J connectivity index is 1.49. The Kier molecular flexibility index (Phi) is 7.06. The lowest BCUT2D eigenvalue weighted by atomic mass is 9.89. The van der Waals surface area contributed by atoms with Crippen LogP contribution < -0.4 is 14.5 Å². The van der Waals surface area contributed by atoms with Gasteiger partial charge in [0, 0.05) is 11.1 Å². The third-order valence-corrected chi connectivity index (χ3v) is 8.14. The van der Waals surface area contributed by atoms with E-state index in [1.54, 1.807) is 29.2 Å². The molecule has 32 heavy (non-hydrogen) atoms. The highest BCUT2D eigenvalue weighted by Crippen LogP contribution is 2.18. The molecular weight excluding hydrogens is 418 g/mol. The molecule has 4 rings (SSSR count). The first-order chi connectivity index (χ1) is 15.5. The van der Waals surface area contributed by atoms with E-state index in [-0.39, 0.29) is 5.54 Å². The molecule has 3 aromatic carbocycles. The first kappa shape index (κ1) is 22.7. The molecule has 1 heterocycles. The molecule has 0 saturated carbocycles. The summed E-state index contributed by atoms with van der Waals surface area (Å²) in [6.45, 7) is 7.72. The van der Waals surface area contributed by atoms with Gasteiger partial charge in [0.2, 0.25) is 10.0 Å². The van der Waals surface area contributed by atoms with Gasteiger partial charge in [0.15, 0.2) is 0 Å². The minimum Gasteiger partial charge on any atom is -0.322 e. The number of nitrogens with one attached hydrogen (secondary N) is 3. The van der Waals surface area contributed by atoms with Gasteiger partial charge in [0.1, 0.15) is 38.3 Å².